The Morgan fingerprint density at radius 2 is 1.62 bits per heavy atom. The van der Waals surface area contributed by atoms with Gasteiger partial charge in [0.15, 0.2) is 5.78 Å². The smallest absolute Gasteiger partial charge is 0.162 e. The van der Waals surface area contributed by atoms with Crippen molar-refractivity contribution < 1.29 is 30.0 Å². The van der Waals surface area contributed by atoms with E-state index in [0.717, 1.165) is 42.5 Å². The Balaban J connectivity index is 0.000000263. The summed E-state index contributed by atoms with van der Waals surface area (Å²) in [5.74, 6) is 1.01. The normalized spacial score (nSPS) is 13.6. The van der Waals surface area contributed by atoms with Gasteiger partial charge < -0.3 is 5.11 Å². The first-order valence-corrected chi connectivity index (χ1v) is 15.3. The van der Waals surface area contributed by atoms with Crippen LogP contribution in [-0.4, -0.2) is 20.9 Å². The summed E-state index contributed by atoms with van der Waals surface area (Å²) in [7, 11) is 0. The molecule has 1 aromatic heterocycles. The Morgan fingerprint density at radius 3 is 2.24 bits per heavy atom. The predicted molar refractivity (Wildman–Crippen MR) is 171 cm³/mol. The fraction of sp³-hybridized carbons (Fsp3) is 0.432. The zero-order valence-electron chi connectivity index (χ0n) is 26.3. The van der Waals surface area contributed by atoms with Crippen molar-refractivity contribution in [3.8, 4) is 11.3 Å². The van der Waals surface area contributed by atoms with Crippen LogP contribution in [0.2, 0.25) is 0 Å². The fourth-order valence-corrected chi connectivity index (χ4v) is 6.19. The fourth-order valence-electron chi connectivity index (χ4n) is 6.19. The number of hydrogen-bond acceptors (Lipinski definition) is 4. The van der Waals surface area contributed by atoms with Gasteiger partial charge in [0.2, 0.25) is 0 Å². The van der Waals surface area contributed by atoms with Crippen molar-refractivity contribution in [1.29, 1.82) is 0 Å². The minimum atomic E-state index is -0.131. The molecule has 0 aliphatic heterocycles. The van der Waals surface area contributed by atoms with Gasteiger partial charge in [-0.25, -0.2) is 4.98 Å². The third-order valence-electron chi connectivity index (χ3n) is 8.90. The predicted octanol–water partition coefficient (Wildman–Crippen LogP) is 9.88. The molecule has 0 atom stereocenters. The van der Waals surface area contributed by atoms with Gasteiger partial charge in [0.05, 0.1) is 11.3 Å². The van der Waals surface area contributed by atoms with Gasteiger partial charge in [0, 0.05) is 38.0 Å². The van der Waals surface area contributed by atoms with Gasteiger partial charge in [-0.2, -0.15) is 0 Å². The first-order valence-electron chi connectivity index (χ1n) is 15.3. The van der Waals surface area contributed by atoms with Gasteiger partial charge >= 0.3 is 0 Å². The van der Waals surface area contributed by atoms with Gasteiger partial charge in [-0.15, -0.1) is 23.3 Å². The van der Waals surface area contributed by atoms with E-state index < -0.39 is 0 Å². The van der Waals surface area contributed by atoms with E-state index in [0.29, 0.717) is 5.92 Å². The molecule has 0 bridgehead atoms. The van der Waals surface area contributed by atoms with E-state index in [1.54, 1.807) is 6.33 Å². The molecule has 225 valence electrons. The molecule has 4 aromatic rings. The number of carbonyl (C=O) groups is 1. The molecule has 3 aromatic carbocycles. The second-order valence-electron chi connectivity index (χ2n) is 12.1. The van der Waals surface area contributed by atoms with Crippen molar-refractivity contribution in [2.24, 2.45) is 11.8 Å². The van der Waals surface area contributed by atoms with Crippen LogP contribution in [0.5, 0.6) is 0 Å². The number of nitrogens with zero attached hydrogens (tertiary/aromatic N) is 2. The molecule has 1 aliphatic carbocycles. The number of aromatic nitrogens is 2. The van der Waals surface area contributed by atoms with Gasteiger partial charge in [-0.3, -0.25) is 9.78 Å². The summed E-state index contributed by atoms with van der Waals surface area (Å²) < 4.78 is 0. The molecule has 0 saturated carbocycles. The molecule has 0 fully saturated rings. The Labute approximate surface area is 265 Å². The molecule has 0 saturated heterocycles. The Bertz CT molecular complexity index is 1580. The molecule has 1 N–H and O–H groups in total. The minimum Gasteiger partial charge on any atom is -0.512 e. The van der Waals surface area contributed by atoms with Crippen LogP contribution in [-0.2, 0) is 30.3 Å². The minimum absolute atomic E-state index is 0. The summed E-state index contributed by atoms with van der Waals surface area (Å²) in [6.45, 7) is 17.2. The van der Waals surface area contributed by atoms with E-state index in [9.17, 15) is 9.90 Å². The SMILES string of the molecule is CC(C)c1cc2c3c(ncnc3c1)-c1[c-]cc3ccccc3c1C2(C)C.CCC(CC)C(=O)/C=C(\O)C(CC)CC.[Ir]. The van der Waals surface area contributed by atoms with E-state index in [1.165, 1.54) is 38.9 Å². The largest absolute Gasteiger partial charge is 0.512 e. The molecule has 5 heteroatoms. The number of fused-ring (bicyclic) bond motifs is 4. The van der Waals surface area contributed by atoms with Crippen LogP contribution in [0.3, 0.4) is 0 Å². The maximum atomic E-state index is 11.7. The quantitative estimate of drug-likeness (QED) is 0.111. The van der Waals surface area contributed by atoms with Crippen LogP contribution in [0.4, 0.5) is 0 Å². The van der Waals surface area contributed by atoms with Crippen LogP contribution >= 0.6 is 0 Å². The van der Waals surface area contributed by atoms with Crippen LogP contribution < -0.4 is 0 Å². The molecule has 0 amide bonds. The molecular weight excluding hydrogens is 697 g/mol. The maximum Gasteiger partial charge on any atom is 0.162 e. The van der Waals surface area contributed by atoms with Crippen molar-refractivity contribution in [2.75, 3.05) is 0 Å². The van der Waals surface area contributed by atoms with E-state index in [-0.39, 0.29) is 48.9 Å². The van der Waals surface area contributed by atoms with Crippen LogP contribution in [0.15, 0.2) is 60.6 Å². The summed E-state index contributed by atoms with van der Waals surface area (Å²) in [4.78, 5) is 21.0. The van der Waals surface area contributed by atoms with Crippen LogP contribution in [0.1, 0.15) is 104 Å². The molecule has 1 aliphatic rings. The summed E-state index contributed by atoms with van der Waals surface area (Å²) >= 11 is 0. The Morgan fingerprint density at radius 1 is 0.976 bits per heavy atom. The van der Waals surface area contributed by atoms with Crippen molar-refractivity contribution in [3.63, 3.8) is 0 Å². The van der Waals surface area contributed by atoms with Crippen molar-refractivity contribution >= 4 is 27.5 Å². The van der Waals surface area contributed by atoms with Crippen molar-refractivity contribution in [2.45, 2.75) is 92.4 Å². The number of carbonyl (C=O) groups excluding carboxylic acids is 1. The molecule has 0 unspecified atom stereocenters. The average Bonchev–Trinajstić information content (AvgIpc) is 2.96. The van der Waals surface area contributed by atoms with Crippen LogP contribution in [0, 0.1) is 17.9 Å². The Hall–Kier alpha value is -2.88. The molecule has 5 rings (SSSR count). The standard InChI is InChI=1S/C24H21N2.C13H24O2.Ir/c1-14(2)16-11-19-21-20(12-16)25-13-26-23(21)18-10-9-15-7-5-6-8-17(15)22(18)24(19,3)4;1-5-10(6-2)12(14)9-13(15)11(7-3)8-4;/h5-9,11-14H,1-4H3;9-11,14H,5-8H2,1-4H3;/q-1;;/b;12-9-;. The number of benzene rings is 3. The Kier molecular flexibility index (Phi) is 11.3. The summed E-state index contributed by atoms with van der Waals surface area (Å²) in [6, 6.07) is 18.8. The van der Waals surface area contributed by atoms with Crippen molar-refractivity contribution in [1.82, 2.24) is 9.97 Å². The number of hydrogen-bond donors (Lipinski definition) is 1. The van der Waals surface area contributed by atoms with Crippen molar-refractivity contribution in [3.05, 3.63) is 83.4 Å². The first-order chi connectivity index (χ1) is 19.6. The monoisotopic (exact) mass is 742 g/mol. The number of rotatable bonds is 8. The maximum absolute atomic E-state index is 11.7. The number of ketones is 1. The second-order valence-corrected chi connectivity index (χ2v) is 12.1. The van der Waals surface area contributed by atoms with E-state index in [1.807, 2.05) is 27.7 Å². The first kappa shape index (κ1) is 33.6. The number of aliphatic hydroxyl groups excluding tert-OH is 1. The van der Waals surface area contributed by atoms with E-state index in [4.69, 9.17) is 0 Å². The molecule has 1 heterocycles. The number of aliphatic hydroxyl groups is 1. The molecule has 42 heavy (non-hydrogen) atoms. The zero-order chi connectivity index (χ0) is 29.9. The van der Waals surface area contributed by atoms with Gasteiger partial charge in [-0.1, -0.05) is 96.5 Å². The van der Waals surface area contributed by atoms with Gasteiger partial charge in [0.25, 0.3) is 0 Å². The molecule has 1 radical (unpaired) electrons. The topological polar surface area (TPSA) is 63.1 Å². The summed E-state index contributed by atoms with van der Waals surface area (Å²) in [5.41, 5.74) is 7.02. The average molecular weight is 742 g/mol. The third-order valence-corrected chi connectivity index (χ3v) is 8.90. The zero-order valence-corrected chi connectivity index (χ0v) is 28.7. The second kappa shape index (κ2) is 14.1. The summed E-state index contributed by atoms with van der Waals surface area (Å²) in [6.07, 6.45) is 6.60. The van der Waals surface area contributed by atoms with Crippen LogP contribution in [0.25, 0.3) is 32.9 Å². The summed E-state index contributed by atoms with van der Waals surface area (Å²) in [5, 5.41) is 13.5. The number of allylic oxidation sites excluding steroid dienone is 2. The van der Waals surface area contributed by atoms with E-state index >= 15 is 0 Å². The van der Waals surface area contributed by atoms with E-state index in [2.05, 4.69) is 86.2 Å². The van der Waals surface area contributed by atoms with Gasteiger partial charge in [-0.05, 0) is 65.3 Å². The molecule has 4 nitrogen and oxygen atoms in total. The molecule has 0 spiro atoms. The van der Waals surface area contributed by atoms with Gasteiger partial charge in [0.1, 0.15) is 6.33 Å². The molecular formula is C37H45IrN2O2-. The third kappa shape index (κ3) is 6.38.